The van der Waals surface area contributed by atoms with Crippen LogP contribution in [0.1, 0.15) is 34.6 Å². The van der Waals surface area contributed by atoms with Crippen LogP contribution >= 0.6 is 0 Å². The van der Waals surface area contributed by atoms with E-state index in [-0.39, 0.29) is 29.6 Å². The first kappa shape index (κ1) is 12.1. The molecule has 0 aromatic carbocycles. The van der Waals surface area contributed by atoms with Crippen molar-refractivity contribution >= 4 is 11.7 Å². The van der Waals surface area contributed by atoms with Gasteiger partial charge in [0.25, 0.3) is 0 Å². The Hall–Kier alpha value is -0.860. The summed E-state index contributed by atoms with van der Waals surface area (Å²) in [4.78, 5) is 22.4. The van der Waals surface area contributed by atoms with E-state index in [9.17, 15) is 9.59 Å². The van der Waals surface area contributed by atoms with E-state index in [0.717, 1.165) is 0 Å². The fourth-order valence-corrected chi connectivity index (χ4v) is 1.06. The number of hydrogen-bond acceptors (Lipinski definition) is 2. The summed E-state index contributed by atoms with van der Waals surface area (Å²) in [5.74, 6) is 0.0405. The summed E-state index contributed by atoms with van der Waals surface area (Å²) in [6.07, 6.45) is 0. The normalized spacial score (nSPS) is 13.2. The quantitative estimate of drug-likeness (QED) is 0.719. The zero-order valence-corrected chi connectivity index (χ0v) is 9.05. The van der Waals surface area contributed by atoms with Crippen LogP contribution in [0.4, 0.5) is 0 Å². The molecular weight excluding hydrogens is 166 g/mol. The minimum Gasteiger partial charge on any atom is -0.346 e. The van der Waals surface area contributed by atoms with Crippen LogP contribution in [0, 0.1) is 11.8 Å². The molecule has 0 radical (unpaired) electrons. The lowest BCUT2D eigenvalue weighted by atomic mass is 10.00. The molecule has 1 atom stereocenters. The number of hydrogen-bond donors (Lipinski definition) is 1. The number of ketones is 1. The van der Waals surface area contributed by atoms with Crippen molar-refractivity contribution in [2.45, 2.75) is 40.7 Å². The van der Waals surface area contributed by atoms with Gasteiger partial charge in [0.15, 0.2) is 5.78 Å². The lowest BCUT2D eigenvalue weighted by Gasteiger charge is -2.20. The first-order valence-electron chi connectivity index (χ1n) is 4.67. The minimum atomic E-state index is -0.338. The Morgan fingerprint density at radius 3 is 1.77 bits per heavy atom. The Bertz CT molecular complexity index is 197. The molecule has 13 heavy (non-hydrogen) atoms. The van der Waals surface area contributed by atoms with Crippen molar-refractivity contribution in [2.24, 2.45) is 11.8 Å². The Labute approximate surface area is 79.9 Å². The van der Waals surface area contributed by atoms with Gasteiger partial charge in [0.1, 0.15) is 0 Å². The maximum atomic E-state index is 11.3. The van der Waals surface area contributed by atoms with Crippen molar-refractivity contribution in [2.75, 3.05) is 0 Å². The fourth-order valence-electron chi connectivity index (χ4n) is 1.06. The molecule has 3 nitrogen and oxygen atoms in total. The maximum absolute atomic E-state index is 11.3. The molecule has 0 saturated heterocycles. The summed E-state index contributed by atoms with van der Waals surface area (Å²) < 4.78 is 0. The van der Waals surface area contributed by atoms with Crippen molar-refractivity contribution in [3.8, 4) is 0 Å². The van der Waals surface area contributed by atoms with Crippen LogP contribution in [-0.4, -0.2) is 17.7 Å². The third-order valence-electron chi connectivity index (χ3n) is 1.93. The van der Waals surface area contributed by atoms with Crippen LogP contribution in [0.5, 0.6) is 0 Å². The molecule has 0 bridgehead atoms. The number of carbonyl (C=O) groups excluding carboxylic acids is 2. The highest BCUT2D eigenvalue weighted by atomic mass is 16.2. The number of amides is 1. The summed E-state index contributed by atoms with van der Waals surface area (Å²) >= 11 is 0. The van der Waals surface area contributed by atoms with Crippen LogP contribution in [-0.2, 0) is 9.59 Å². The molecule has 76 valence electrons. The fraction of sp³-hybridized carbons (Fsp3) is 0.800. The summed E-state index contributed by atoms with van der Waals surface area (Å²) in [5.41, 5.74) is 0. The van der Waals surface area contributed by atoms with Crippen LogP contribution in [0.15, 0.2) is 0 Å². The summed E-state index contributed by atoms with van der Waals surface area (Å²) in [6, 6.07) is -0.338. The van der Waals surface area contributed by atoms with E-state index in [1.807, 2.05) is 27.7 Å². The second-order valence-corrected chi connectivity index (χ2v) is 4.00. The number of nitrogens with one attached hydrogen (secondary N) is 1. The monoisotopic (exact) mass is 185 g/mol. The smallest absolute Gasteiger partial charge is 0.223 e. The van der Waals surface area contributed by atoms with Gasteiger partial charge >= 0.3 is 0 Å². The lowest BCUT2D eigenvalue weighted by Crippen LogP contribution is -2.44. The summed E-state index contributed by atoms with van der Waals surface area (Å²) in [5, 5.41) is 2.73. The highest BCUT2D eigenvalue weighted by Crippen LogP contribution is 2.04. The van der Waals surface area contributed by atoms with Crippen LogP contribution < -0.4 is 5.32 Å². The largest absolute Gasteiger partial charge is 0.346 e. The second kappa shape index (κ2) is 5.00. The topological polar surface area (TPSA) is 46.2 Å². The molecule has 0 aliphatic carbocycles. The molecule has 1 N–H and O–H groups in total. The van der Waals surface area contributed by atoms with Gasteiger partial charge in [-0.25, -0.2) is 0 Å². The summed E-state index contributed by atoms with van der Waals surface area (Å²) in [6.45, 7) is 8.98. The predicted molar refractivity (Wildman–Crippen MR) is 52.3 cm³/mol. The van der Waals surface area contributed by atoms with Gasteiger partial charge in [-0.15, -0.1) is 0 Å². The molecule has 1 amide bonds. The molecule has 0 aromatic rings. The van der Waals surface area contributed by atoms with Crippen LogP contribution in [0.2, 0.25) is 0 Å². The number of carbonyl (C=O) groups is 2. The molecule has 0 saturated carbocycles. The number of rotatable bonds is 4. The zero-order chi connectivity index (χ0) is 10.6. The van der Waals surface area contributed by atoms with Gasteiger partial charge in [-0.05, 0) is 12.8 Å². The Balaban J connectivity index is 4.27. The van der Waals surface area contributed by atoms with E-state index in [1.165, 1.54) is 6.92 Å². The average Bonchev–Trinajstić information content (AvgIpc) is 1.97. The SMILES string of the molecule is CC(=O)C(NC(=O)C(C)C)C(C)C. The molecule has 0 heterocycles. The van der Waals surface area contributed by atoms with Crippen molar-refractivity contribution in [1.82, 2.24) is 5.32 Å². The van der Waals surface area contributed by atoms with Crippen molar-refractivity contribution in [3.63, 3.8) is 0 Å². The molecule has 3 heteroatoms. The van der Waals surface area contributed by atoms with Crippen molar-refractivity contribution in [3.05, 3.63) is 0 Å². The highest BCUT2D eigenvalue weighted by molar-refractivity contribution is 5.88. The molecule has 0 aliphatic rings. The van der Waals surface area contributed by atoms with Gasteiger partial charge in [0, 0.05) is 5.92 Å². The van der Waals surface area contributed by atoms with Crippen LogP contribution in [0.3, 0.4) is 0 Å². The molecule has 0 fully saturated rings. The van der Waals surface area contributed by atoms with E-state index in [4.69, 9.17) is 0 Å². The molecule has 0 spiro atoms. The van der Waals surface area contributed by atoms with E-state index in [2.05, 4.69) is 5.32 Å². The second-order valence-electron chi connectivity index (χ2n) is 4.00. The van der Waals surface area contributed by atoms with Crippen LogP contribution in [0.25, 0.3) is 0 Å². The molecule has 0 aliphatic heterocycles. The van der Waals surface area contributed by atoms with E-state index >= 15 is 0 Å². The third-order valence-corrected chi connectivity index (χ3v) is 1.93. The lowest BCUT2D eigenvalue weighted by molar-refractivity contribution is -0.129. The molecule has 0 rings (SSSR count). The van der Waals surface area contributed by atoms with E-state index < -0.39 is 0 Å². The zero-order valence-electron chi connectivity index (χ0n) is 9.05. The molecule has 0 aromatic heterocycles. The standard InChI is InChI=1S/C10H19NO2/c1-6(2)9(8(5)12)11-10(13)7(3)4/h6-7,9H,1-5H3,(H,11,13). The van der Waals surface area contributed by atoms with Gasteiger partial charge < -0.3 is 5.32 Å². The number of Topliss-reactive ketones (excluding diaryl/α,β-unsaturated/α-hetero) is 1. The first-order valence-corrected chi connectivity index (χ1v) is 4.67. The molecular formula is C10H19NO2. The van der Waals surface area contributed by atoms with Crippen molar-refractivity contribution < 1.29 is 9.59 Å². The van der Waals surface area contributed by atoms with Gasteiger partial charge in [0.05, 0.1) is 6.04 Å². The maximum Gasteiger partial charge on any atom is 0.223 e. The average molecular weight is 185 g/mol. The Kier molecular flexibility index (Phi) is 4.67. The van der Waals surface area contributed by atoms with Gasteiger partial charge in [0.2, 0.25) is 5.91 Å². The van der Waals surface area contributed by atoms with Gasteiger partial charge in [-0.2, -0.15) is 0 Å². The van der Waals surface area contributed by atoms with Gasteiger partial charge in [-0.3, -0.25) is 9.59 Å². The minimum absolute atomic E-state index is 0.0176. The predicted octanol–water partition coefficient (Wildman–Crippen LogP) is 1.37. The van der Waals surface area contributed by atoms with E-state index in [1.54, 1.807) is 0 Å². The molecule has 1 unspecified atom stereocenters. The highest BCUT2D eigenvalue weighted by Gasteiger charge is 2.21. The Morgan fingerprint density at radius 2 is 1.54 bits per heavy atom. The third kappa shape index (κ3) is 4.06. The van der Waals surface area contributed by atoms with Crippen molar-refractivity contribution in [1.29, 1.82) is 0 Å². The first-order chi connectivity index (χ1) is 5.86. The Morgan fingerprint density at radius 1 is 1.08 bits per heavy atom. The summed E-state index contributed by atoms with van der Waals surface area (Å²) in [7, 11) is 0. The van der Waals surface area contributed by atoms with Gasteiger partial charge in [-0.1, -0.05) is 27.7 Å². The van der Waals surface area contributed by atoms with E-state index in [0.29, 0.717) is 0 Å².